The van der Waals surface area contributed by atoms with Gasteiger partial charge in [0.15, 0.2) is 0 Å². The predicted octanol–water partition coefficient (Wildman–Crippen LogP) is 2.24. The summed E-state index contributed by atoms with van der Waals surface area (Å²) in [5, 5.41) is 4.91. The highest BCUT2D eigenvalue weighted by Gasteiger charge is 2.27. The van der Waals surface area contributed by atoms with Crippen LogP contribution in [-0.2, 0) is 6.54 Å². The molecule has 0 spiro atoms. The summed E-state index contributed by atoms with van der Waals surface area (Å²) in [5.74, 6) is 1.01. The molecule has 5 heteroatoms. The number of nitrogens with one attached hydrogen (secondary N) is 2. The third kappa shape index (κ3) is 2.44. The molecule has 1 saturated heterocycles. The zero-order valence-electron chi connectivity index (χ0n) is 12.6. The van der Waals surface area contributed by atoms with Crippen molar-refractivity contribution in [1.82, 2.24) is 20.3 Å². The Kier molecular flexibility index (Phi) is 3.27. The molecule has 0 amide bonds. The van der Waals surface area contributed by atoms with Crippen LogP contribution in [0.4, 0.5) is 5.82 Å². The van der Waals surface area contributed by atoms with Crippen molar-refractivity contribution < 1.29 is 0 Å². The molecule has 5 nitrogen and oxygen atoms in total. The average molecular weight is 293 g/mol. The van der Waals surface area contributed by atoms with E-state index >= 15 is 0 Å². The van der Waals surface area contributed by atoms with Crippen molar-refractivity contribution in [1.29, 1.82) is 0 Å². The fraction of sp³-hybridized carbons (Fsp3) is 0.294. The molecule has 0 radical (unpaired) electrons. The van der Waals surface area contributed by atoms with Crippen LogP contribution < -0.4 is 10.2 Å². The van der Waals surface area contributed by atoms with E-state index in [1.54, 1.807) is 12.5 Å². The van der Waals surface area contributed by atoms with E-state index in [9.17, 15) is 0 Å². The highest BCUT2D eigenvalue weighted by atomic mass is 15.3. The summed E-state index contributed by atoms with van der Waals surface area (Å²) < 4.78 is 0. The minimum absolute atomic E-state index is 0.516. The topological polar surface area (TPSA) is 56.8 Å². The molecule has 2 aromatic heterocycles. The zero-order valence-corrected chi connectivity index (χ0v) is 12.6. The van der Waals surface area contributed by atoms with Crippen LogP contribution in [0.25, 0.3) is 10.9 Å². The number of hydrogen-bond acceptors (Lipinski definition) is 4. The molecule has 22 heavy (non-hydrogen) atoms. The first-order chi connectivity index (χ1) is 10.8. The van der Waals surface area contributed by atoms with E-state index in [1.807, 2.05) is 6.07 Å². The van der Waals surface area contributed by atoms with Crippen LogP contribution in [0.3, 0.4) is 0 Å². The van der Waals surface area contributed by atoms with Crippen LogP contribution in [-0.4, -0.2) is 34.1 Å². The molecular weight excluding hydrogens is 274 g/mol. The number of rotatable bonds is 4. The van der Waals surface area contributed by atoms with E-state index in [1.165, 1.54) is 22.2 Å². The smallest absolute Gasteiger partial charge is 0.132 e. The number of aromatic amines is 1. The molecule has 1 fully saturated rings. The van der Waals surface area contributed by atoms with Gasteiger partial charge in [-0.05, 0) is 30.7 Å². The first-order valence-corrected chi connectivity index (χ1v) is 7.61. The zero-order chi connectivity index (χ0) is 14.9. The van der Waals surface area contributed by atoms with Crippen molar-refractivity contribution in [3.05, 3.63) is 54.1 Å². The molecule has 1 aliphatic heterocycles. The normalized spacial score (nSPS) is 15.2. The molecule has 3 heterocycles. The lowest BCUT2D eigenvalue weighted by atomic mass is 10.1. The second-order valence-corrected chi connectivity index (χ2v) is 5.88. The van der Waals surface area contributed by atoms with Crippen LogP contribution in [0.1, 0.15) is 11.3 Å². The number of H-pyrrole nitrogens is 1. The second kappa shape index (κ2) is 5.42. The maximum absolute atomic E-state index is 4.27. The second-order valence-electron chi connectivity index (χ2n) is 5.88. The van der Waals surface area contributed by atoms with E-state index in [2.05, 4.69) is 56.4 Å². The first kappa shape index (κ1) is 13.3. The van der Waals surface area contributed by atoms with Gasteiger partial charge >= 0.3 is 0 Å². The Morgan fingerprint density at radius 3 is 3.00 bits per heavy atom. The van der Waals surface area contributed by atoms with Crippen molar-refractivity contribution in [2.45, 2.75) is 19.5 Å². The van der Waals surface area contributed by atoms with Gasteiger partial charge in [0, 0.05) is 48.5 Å². The average Bonchev–Trinajstić information content (AvgIpc) is 2.91. The summed E-state index contributed by atoms with van der Waals surface area (Å²) in [6, 6.07) is 11.1. The van der Waals surface area contributed by atoms with Gasteiger partial charge in [0.2, 0.25) is 0 Å². The van der Waals surface area contributed by atoms with E-state index in [0.717, 1.165) is 25.5 Å². The molecular formula is C17H19N5. The summed E-state index contributed by atoms with van der Waals surface area (Å²) in [5.41, 5.74) is 3.77. The van der Waals surface area contributed by atoms with Crippen LogP contribution in [0.5, 0.6) is 0 Å². The van der Waals surface area contributed by atoms with E-state index in [4.69, 9.17) is 0 Å². The fourth-order valence-corrected chi connectivity index (χ4v) is 2.98. The SMILES string of the molecule is Cc1cccc2[nH]c(CNC3CN(c4ccncn4)C3)cc12. The maximum Gasteiger partial charge on any atom is 0.132 e. The lowest BCUT2D eigenvalue weighted by Crippen LogP contribution is -2.58. The number of benzene rings is 1. The summed E-state index contributed by atoms with van der Waals surface area (Å²) in [4.78, 5) is 14.0. The Morgan fingerprint density at radius 2 is 2.23 bits per heavy atom. The molecule has 2 N–H and O–H groups in total. The molecule has 4 rings (SSSR count). The highest BCUT2D eigenvalue weighted by molar-refractivity contribution is 5.83. The molecule has 3 aromatic rings. The minimum Gasteiger partial charge on any atom is -0.357 e. The third-order valence-corrected chi connectivity index (χ3v) is 4.29. The van der Waals surface area contributed by atoms with Crippen molar-refractivity contribution in [3.8, 4) is 0 Å². The Hall–Kier alpha value is -2.40. The highest BCUT2D eigenvalue weighted by Crippen LogP contribution is 2.20. The standard InChI is InChI=1S/C17H19N5/c1-12-3-2-4-16-15(12)7-13(21-16)8-19-14-9-22(10-14)17-5-6-18-11-20-17/h2-7,11,14,19,21H,8-10H2,1H3. The molecule has 1 aromatic carbocycles. The molecule has 0 saturated carbocycles. The van der Waals surface area contributed by atoms with Crippen molar-refractivity contribution in [3.63, 3.8) is 0 Å². The van der Waals surface area contributed by atoms with Gasteiger partial charge in [0.05, 0.1) is 0 Å². The largest absolute Gasteiger partial charge is 0.357 e. The minimum atomic E-state index is 0.516. The molecule has 0 unspecified atom stereocenters. The number of aryl methyl sites for hydroxylation is 1. The van der Waals surface area contributed by atoms with Crippen molar-refractivity contribution >= 4 is 16.7 Å². The van der Waals surface area contributed by atoms with Gasteiger partial charge in [-0.2, -0.15) is 0 Å². The van der Waals surface area contributed by atoms with E-state index in [-0.39, 0.29) is 0 Å². The van der Waals surface area contributed by atoms with Crippen LogP contribution >= 0.6 is 0 Å². The van der Waals surface area contributed by atoms with Gasteiger partial charge in [-0.1, -0.05) is 12.1 Å². The lowest BCUT2D eigenvalue weighted by Gasteiger charge is -2.40. The molecule has 0 bridgehead atoms. The van der Waals surface area contributed by atoms with Crippen molar-refractivity contribution in [2.24, 2.45) is 0 Å². The number of aromatic nitrogens is 3. The first-order valence-electron chi connectivity index (χ1n) is 7.61. The fourth-order valence-electron chi connectivity index (χ4n) is 2.98. The van der Waals surface area contributed by atoms with Gasteiger partial charge < -0.3 is 15.2 Å². The number of fused-ring (bicyclic) bond motifs is 1. The Balaban J connectivity index is 1.35. The van der Waals surface area contributed by atoms with Gasteiger partial charge in [-0.15, -0.1) is 0 Å². The summed E-state index contributed by atoms with van der Waals surface area (Å²) in [7, 11) is 0. The lowest BCUT2D eigenvalue weighted by molar-refractivity contribution is 0.414. The van der Waals surface area contributed by atoms with Gasteiger partial charge in [-0.3, -0.25) is 0 Å². The van der Waals surface area contributed by atoms with Crippen LogP contribution in [0, 0.1) is 6.92 Å². The van der Waals surface area contributed by atoms with E-state index in [0.29, 0.717) is 6.04 Å². The number of anilines is 1. The van der Waals surface area contributed by atoms with Gasteiger partial charge in [-0.25, -0.2) is 9.97 Å². The predicted molar refractivity (Wildman–Crippen MR) is 87.9 cm³/mol. The molecule has 1 aliphatic rings. The number of hydrogen-bond donors (Lipinski definition) is 2. The Labute approximate surface area is 129 Å². The van der Waals surface area contributed by atoms with Crippen LogP contribution in [0.2, 0.25) is 0 Å². The quantitative estimate of drug-likeness (QED) is 0.774. The van der Waals surface area contributed by atoms with Gasteiger partial charge in [0.25, 0.3) is 0 Å². The Morgan fingerprint density at radius 1 is 1.32 bits per heavy atom. The summed E-state index contributed by atoms with van der Waals surface area (Å²) in [6.45, 7) is 5.02. The maximum atomic E-state index is 4.27. The van der Waals surface area contributed by atoms with E-state index < -0.39 is 0 Å². The molecule has 0 atom stereocenters. The Bertz CT molecular complexity index is 774. The monoisotopic (exact) mass is 293 g/mol. The third-order valence-electron chi connectivity index (χ3n) is 4.29. The molecule has 112 valence electrons. The van der Waals surface area contributed by atoms with Crippen LogP contribution in [0.15, 0.2) is 42.9 Å². The summed E-state index contributed by atoms with van der Waals surface area (Å²) >= 11 is 0. The number of nitrogens with zero attached hydrogens (tertiary/aromatic N) is 3. The molecule has 0 aliphatic carbocycles. The summed E-state index contributed by atoms with van der Waals surface area (Å²) in [6.07, 6.45) is 3.39. The van der Waals surface area contributed by atoms with Gasteiger partial charge in [0.1, 0.15) is 12.1 Å². The van der Waals surface area contributed by atoms with Crippen molar-refractivity contribution in [2.75, 3.05) is 18.0 Å².